The normalized spacial score (nSPS) is 10.5. The second-order valence-corrected chi connectivity index (χ2v) is 5.65. The highest BCUT2D eigenvalue weighted by molar-refractivity contribution is 5.47. The van der Waals surface area contributed by atoms with Crippen molar-refractivity contribution in [1.29, 1.82) is 0 Å². The number of anilines is 2. The molecule has 3 rings (SSSR count). The molecule has 0 radical (unpaired) electrons. The largest absolute Gasteiger partial charge is 0.497 e. The van der Waals surface area contributed by atoms with Gasteiger partial charge in [-0.05, 0) is 43.2 Å². The average molecular weight is 338 g/mol. The quantitative estimate of drug-likeness (QED) is 0.653. The summed E-state index contributed by atoms with van der Waals surface area (Å²) >= 11 is 0. The van der Waals surface area contributed by atoms with Crippen LogP contribution in [0.25, 0.3) is 0 Å². The SMILES string of the molecule is COc1cccc(CCNc2cc(NCc3ccco3)nc(C)n2)c1. The maximum absolute atomic E-state index is 5.32. The number of hydrogen-bond acceptors (Lipinski definition) is 6. The van der Waals surface area contributed by atoms with Gasteiger partial charge in [-0.15, -0.1) is 0 Å². The van der Waals surface area contributed by atoms with E-state index < -0.39 is 0 Å². The lowest BCUT2D eigenvalue weighted by atomic mass is 10.1. The Balaban J connectivity index is 1.56. The zero-order valence-electron chi connectivity index (χ0n) is 14.5. The summed E-state index contributed by atoms with van der Waals surface area (Å²) in [5.41, 5.74) is 1.22. The van der Waals surface area contributed by atoms with E-state index in [4.69, 9.17) is 9.15 Å². The van der Waals surface area contributed by atoms with Crippen LogP contribution in [0.1, 0.15) is 17.1 Å². The number of nitrogens with one attached hydrogen (secondary N) is 2. The van der Waals surface area contributed by atoms with Gasteiger partial charge in [0.05, 0.1) is 19.9 Å². The smallest absolute Gasteiger partial charge is 0.132 e. The first kappa shape index (κ1) is 16.8. The lowest BCUT2D eigenvalue weighted by molar-refractivity contribution is 0.414. The van der Waals surface area contributed by atoms with E-state index in [2.05, 4.69) is 26.7 Å². The van der Waals surface area contributed by atoms with E-state index in [1.54, 1.807) is 13.4 Å². The summed E-state index contributed by atoms with van der Waals surface area (Å²) in [5.74, 6) is 4.03. The molecule has 3 aromatic rings. The van der Waals surface area contributed by atoms with Crippen molar-refractivity contribution < 1.29 is 9.15 Å². The van der Waals surface area contributed by atoms with Gasteiger partial charge in [-0.3, -0.25) is 0 Å². The predicted octanol–water partition coefficient (Wildman–Crippen LogP) is 3.65. The molecular weight excluding hydrogens is 316 g/mol. The molecule has 0 amide bonds. The average Bonchev–Trinajstić information content (AvgIpc) is 3.13. The van der Waals surface area contributed by atoms with Gasteiger partial charge in [0.25, 0.3) is 0 Å². The van der Waals surface area contributed by atoms with Crippen molar-refractivity contribution in [3.05, 3.63) is 65.9 Å². The molecule has 2 N–H and O–H groups in total. The van der Waals surface area contributed by atoms with Crippen LogP contribution in [0, 0.1) is 6.92 Å². The Morgan fingerprint density at radius 2 is 1.88 bits per heavy atom. The minimum Gasteiger partial charge on any atom is -0.497 e. The number of aromatic nitrogens is 2. The molecule has 0 bridgehead atoms. The van der Waals surface area contributed by atoms with Gasteiger partial charge in [-0.2, -0.15) is 0 Å². The molecule has 130 valence electrons. The Morgan fingerprint density at radius 3 is 2.64 bits per heavy atom. The topological polar surface area (TPSA) is 72.2 Å². The monoisotopic (exact) mass is 338 g/mol. The number of furan rings is 1. The van der Waals surface area contributed by atoms with Crippen molar-refractivity contribution >= 4 is 11.6 Å². The summed E-state index contributed by atoms with van der Waals surface area (Å²) in [4.78, 5) is 8.84. The Labute approximate surface area is 147 Å². The van der Waals surface area contributed by atoms with Crippen molar-refractivity contribution in [2.45, 2.75) is 19.9 Å². The van der Waals surface area contributed by atoms with Gasteiger partial charge in [0.1, 0.15) is 29.0 Å². The van der Waals surface area contributed by atoms with Gasteiger partial charge in [0, 0.05) is 12.6 Å². The zero-order valence-corrected chi connectivity index (χ0v) is 14.5. The molecule has 0 saturated heterocycles. The Morgan fingerprint density at radius 1 is 1.04 bits per heavy atom. The zero-order chi connectivity index (χ0) is 17.5. The molecule has 0 atom stereocenters. The summed E-state index contributed by atoms with van der Waals surface area (Å²) in [5, 5.41) is 6.60. The highest BCUT2D eigenvalue weighted by atomic mass is 16.5. The molecular formula is C19H22N4O2. The number of hydrogen-bond donors (Lipinski definition) is 2. The van der Waals surface area contributed by atoms with Gasteiger partial charge in [0.2, 0.25) is 0 Å². The van der Waals surface area contributed by atoms with Gasteiger partial charge < -0.3 is 19.8 Å². The molecule has 0 aliphatic heterocycles. The summed E-state index contributed by atoms with van der Waals surface area (Å²) in [6.07, 6.45) is 2.54. The molecule has 25 heavy (non-hydrogen) atoms. The molecule has 6 heteroatoms. The molecule has 0 aliphatic rings. The van der Waals surface area contributed by atoms with E-state index in [9.17, 15) is 0 Å². The third-order valence-electron chi connectivity index (χ3n) is 3.72. The Bertz CT molecular complexity index is 803. The van der Waals surface area contributed by atoms with Crippen LogP contribution in [0.4, 0.5) is 11.6 Å². The minimum absolute atomic E-state index is 0.590. The number of rotatable bonds is 8. The van der Waals surface area contributed by atoms with Crippen molar-refractivity contribution in [3.8, 4) is 5.75 Å². The van der Waals surface area contributed by atoms with Crippen LogP contribution in [-0.4, -0.2) is 23.6 Å². The summed E-state index contributed by atoms with van der Waals surface area (Å²) < 4.78 is 10.6. The fourth-order valence-corrected chi connectivity index (χ4v) is 2.50. The third kappa shape index (κ3) is 4.97. The standard InChI is InChI=1S/C19H22N4O2/c1-14-22-18(12-19(23-14)21-13-17-7-4-10-25-17)20-9-8-15-5-3-6-16(11-15)24-2/h3-7,10-12H,8-9,13H2,1-2H3,(H2,20,21,22,23). The van der Waals surface area contributed by atoms with E-state index in [0.29, 0.717) is 12.4 Å². The second-order valence-electron chi connectivity index (χ2n) is 5.65. The highest BCUT2D eigenvalue weighted by Gasteiger charge is 2.03. The molecule has 0 fully saturated rings. The Hall–Kier alpha value is -3.02. The van der Waals surface area contributed by atoms with E-state index in [-0.39, 0.29) is 0 Å². The fourth-order valence-electron chi connectivity index (χ4n) is 2.50. The number of benzene rings is 1. The first-order valence-electron chi connectivity index (χ1n) is 8.21. The van der Waals surface area contributed by atoms with Crippen LogP contribution >= 0.6 is 0 Å². The number of ether oxygens (including phenoxy) is 1. The van der Waals surface area contributed by atoms with Crippen LogP contribution in [0.3, 0.4) is 0 Å². The van der Waals surface area contributed by atoms with E-state index in [0.717, 1.165) is 36.1 Å². The highest BCUT2D eigenvalue weighted by Crippen LogP contribution is 2.15. The number of aryl methyl sites for hydroxylation is 1. The number of nitrogens with zero attached hydrogens (tertiary/aromatic N) is 2. The van der Waals surface area contributed by atoms with Gasteiger partial charge in [-0.1, -0.05) is 12.1 Å². The second kappa shape index (κ2) is 8.19. The molecule has 0 unspecified atom stereocenters. The Kier molecular flexibility index (Phi) is 5.51. The fraction of sp³-hybridized carbons (Fsp3) is 0.263. The first-order chi connectivity index (χ1) is 12.2. The van der Waals surface area contributed by atoms with Crippen molar-refractivity contribution in [2.24, 2.45) is 0 Å². The summed E-state index contributed by atoms with van der Waals surface area (Å²) in [7, 11) is 1.68. The molecule has 1 aromatic carbocycles. The summed E-state index contributed by atoms with van der Waals surface area (Å²) in [6.45, 7) is 3.25. The van der Waals surface area contributed by atoms with Crippen LogP contribution in [0.2, 0.25) is 0 Å². The lowest BCUT2D eigenvalue weighted by Gasteiger charge is -2.10. The third-order valence-corrected chi connectivity index (χ3v) is 3.72. The van der Waals surface area contributed by atoms with Crippen molar-refractivity contribution in [1.82, 2.24) is 9.97 Å². The number of methoxy groups -OCH3 is 1. The lowest BCUT2D eigenvalue weighted by Crippen LogP contribution is -2.09. The van der Waals surface area contributed by atoms with Crippen LogP contribution < -0.4 is 15.4 Å². The van der Waals surface area contributed by atoms with Crippen molar-refractivity contribution in [2.75, 3.05) is 24.3 Å². The molecule has 2 aromatic heterocycles. The van der Waals surface area contributed by atoms with Gasteiger partial charge in [0.15, 0.2) is 0 Å². The molecule has 0 aliphatic carbocycles. The molecule has 0 spiro atoms. The van der Waals surface area contributed by atoms with E-state index in [1.165, 1.54) is 5.56 Å². The summed E-state index contributed by atoms with van der Waals surface area (Å²) in [6, 6.07) is 13.8. The maximum Gasteiger partial charge on any atom is 0.132 e. The van der Waals surface area contributed by atoms with E-state index in [1.807, 2.05) is 43.3 Å². The van der Waals surface area contributed by atoms with Crippen molar-refractivity contribution in [3.63, 3.8) is 0 Å². The molecule has 6 nitrogen and oxygen atoms in total. The first-order valence-corrected chi connectivity index (χ1v) is 8.21. The minimum atomic E-state index is 0.590. The maximum atomic E-state index is 5.32. The predicted molar refractivity (Wildman–Crippen MR) is 98.0 cm³/mol. The van der Waals surface area contributed by atoms with Crippen LogP contribution in [0.15, 0.2) is 53.1 Å². The van der Waals surface area contributed by atoms with Crippen LogP contribution in [-0.2, 0) is 13.0 Å². The van der Waals surface area contributed by atoms with E-state index >= 15 is 0 Å². The molecule has 2 heterocycles. The van der Waals surface area contributed by atoms with Gasteiger partial charge in [-0.25, -0.2) is 9.97 Å². The van der Waals surface area contributed by atoms with Gasteiger partial charge >= 0.3 is 0 Å². The molecule has 0 saturated carbocycles. The van der Waals surface area contributed by atoms with Crippen LogP contribution in [0.5, 0.6) is 5.75 Å².